The molecule has 0 radical (unpaired) electrons. The second kappa shape index (κ2) is 7.29. The molecule has 0 saturated heterocycles. The van der Waals surface area contributed by atoms with E-state index in [4.69, 9.17) is 4.74 Å². The van der Waals surface area contributed by atoms with Crippen molar-refractivity contribution < 1.29 is 4.74 Å². The van der Waals surface area contributed by atoms with E-state index in [1.165, 1.54) is 5.56 Å². The van der Waals surface area contributed by atoms with Crippen LogP contribution in [0.15, 0.2) is 48.5 Å². The highest BCUT2D eigenvalue weighted by Gasteiger charge is 2.05. The number of benzene rings is 2. The van der Waals surface area contributed by atoms with Crippen LogP contribution in [0.25, 0.3) is 11.0 Å². The van der Waals surface area contributed by atoms with Gasteiger partial charge in [0.05, 0.1) is 18.1 Å². The number of H-pyrrole nitrogens is 1. The summed E-state index contributed by atoms with van der Waals surface area (Å²) < 4.78 is 5.27. The number of hydrogen-bond donors (Lipinski definition) is 1. The first-order chi connectivity index (χ1) is 11.2. The lowest BCUT2D eigenvalue weighted by Crippen LogP contribution is -2.19. The summed E-state index contributed by atoms with van der Waals surface area (Å²) in [7, 11) is 3.86. The Morgan fingerprint density at radius 1 is 1.13 bits per heavy atom. The molecular formula is C19H23N3O. The number of imidazole rings is 1. The van der Waals surface area contributed by atoms with Crippen molar-refractivity contribution >= 4 is 11.0 Å². The highest BCUT2D eigenvalue weighted by Crippen LogP contribution is 2.14. The third-order valence-electron chi connectivity index (χ3n) is 3.98. The molecule has 0 fully saturated rings. The van der Waals surface area contributed by atoms with Crippen molar-refractivity contribution in [2.45, 2.75) is 19.4 Å². The van der Waals surface area contributed by atoms with Gasteiger partial charge in [0, 0.05) is 13.0 Å². The smallest absolute Gasteiger partial charge is 0.119 e. The van der Waals surface area contributed by atoms with Crippen molar-refractivity contribution in [1.29, 1.82) is 0 Å². The molecule has 2 aromatic carbocycles. The number of nitrogens with zero attached hydrogens (tertiary/aromatic N) is 2. The van der Waals surface area contributed by atoms with E-state index in [0.717, 1.165) is 48.5 Å². The van der Waals surface area contributed by atoms with Crippen LogP contribution in [-0.2, 0) is 13.0 Å². The second-order valence-electron chi connectivity index (χ2n) is 5.89. The highest BCUT2D eigenvalue weighted by molar-refractivity contribution is 5.74. The lowest BCUT2D eigenvalue weighted by Gasteiger charge is -2.16. The molecular weight excluding hydrogens is 286 g/mol. The normalized spacial score (nSPS) is 11.3. The standard InChI is InChI=1S/C19H23N3O/c1-22(14-15-7-5-8-16(13-15)23-2)12-6-11-19-20-17-9-3-4-10-18(17)21-19/h3-5,7-10,13H,6,11-12,14H2,1-2H3,(H,20,21). The van der Waals surface area contributed by atoms with E-state index in [2.05, 4.69) is 40.1 Å². The Morgan fingerprint density at radius 3 is 2.83 bits per heavy atom. The number of para-hydroxylation sites is 2. The Bertz CT molecular complexity index is 733. The van der Waals surface area contributed by atoms with Crippen molar-refractivity contribution in [3.05, 3.63) is 59.9 Å². The summed E-state index contributed by atoms with van der Waals surface area (Å²) in [6, 6.07) is 16.4. The predicted molar refractivity (Wildman–Crippen MR) is 93.7 cm³/mol. The van der Waals surface area contributed by atoms with E-state index in [-0.39, 0.29) is 0 Å². The minimum atomic E-state index is 0.915. The third kappa shape index (κ3) is 4.11. The van der Waals surface area contributed by atoms with E-state index in [0.29, 0.717) is 0 Å². The Morgan fingerprint density at radius 2 is 2.00 bits per heavy atom. The van der Waals surface area contributed by atoms with Gasteiger partial charge in [-0.15, -0.1) is 0 Å². The number of hydrogen-bond acceptors (Lipinski definition) is 3. The lowest BCUT2D eigenvalue weighted by molar-refractivity contribution is 0.320. The van der Waals surface area contributed by atoms with Gasteiger partial charge in [-0.05, 0) is 49.8 Å². The molecule has 0 spiro atoms. The highest BCUT2D eigenvalue weighted by atomic mass is 16.5. The van der Waals surface area contributed by atoms with Crippen LogP contribution in [0.3, 0.4) is 0 Å². The van der Waals surface area contributed by atoms with Gasteiger partial charge in [-0.1, -0.05) is 24.3 Å². The van der Waals surface area contributed by atoms with Crippen LogP contribution >= 0.6 is 0 Å². The zero-order valence-electron chi connectivity index (χ0n) is 13.7. The van der Waals surface area contributed by atoms with Crippen LogP contribution in [0, 0.1) is 0 Å². The molecule has 4 nitrogen and oxygen atoms in total. The number of aryl methyl sites for hydroxylation is 1. The average molecular weight is 309 g/mol. The van der Waals surface area contributed by atoms with Gasteiger partial charge >= 0.3 is 0 Å². The molecule has 120 valence electrons. The van der Waals surface area contributed by atoms with E-state index in [1.54, 1.807) is 7.11 Å². The van der Waals surface area contributed by atoms with Gasteiger partial charge in [-0.25, -0.2) is 4.98 Å². The summed E-state index contributed by atoms with van der Waals surface area (Å²) in [6.45, 7) is 1.96. The van der Waals surface area contributed by atoms with Crippen LogP contribution in [0.5, 0.6) is 5.75 Å². The van der Waals surface area contributed by atoms with Crippen LogP contribution in [0.1, 0.15) is 17.8 Å². The van der Waals surface area contributed by atoms with Gasteiger partial charge in [0.15, 0.2) is 0 Å². The zero-order valence-corrected chi connectivity index (χ0v) is 13.7. The van der Waals surface area contributed by atoms with Gasteiger partial charge in [0.2, 0.25) is 0 Å². The van der Waals surface area contributed by atoms with Crippen molar-refractivity contribution in [3.8, 4) is 5.75 Å². The van der Waals surface area contributed by atoms with Crippen LogP contribution in [0.2, 0.25) is 0 Å². The van der Waals surface area contributed by atoms with Crippen molar-refractivity contribution in [3.63, 3.8) is 0 Å². The fourth-order valence-electron chi connectivity index (χ4n) is 2.80. The minimum Gasteiger partial charge on any atom is -0.497 e. The molecule has 0 aliphatic carbocycles. The largest absolute Gasteiger partial charge is 0.497 e. The second-order valence-corrected chi connectivity index (χ2v) is 5.89. The maximum Gasteiger partial charge on any atom is 0.119 e. The quantitative estimate of drug-likeness (QED) is 0.724. The molecule has 1 heterocycles. The summed E-state index contributed by atoms with van der Waals surface area (Å²) >= 11 is 0. The number of aromatic amines is 1. The lowest BCUT2D eigenvalue weighted by atomic mass is 10.2. The predicted octanol–water partition coefficient (Wildman–Crippen LogP) is 3.64. The van der Waals surface area contributed by atoms with Gasteiger partial charge in [0.1, 0.15) is 11.6 Å². The molecule has 23 heavy (non-hydrogen) atoms. The average Bonchev–Trinajstić information content (AvgIpc) is 2.97. The molecule has 3 aromatic rings. The number of nitrogens with one attached hydrogen (secondary N) is 1. The Labute approximate surface area is 137 Å². The fourth-order valence-corrected chi connectivity index (χ4v) is 2.80. The fraction of sp³-hybridized carbons (Fsp3) is 0.316. The monoisotopic (exact) mass is 309 g/mol. The van der Waals surface area contributed by atoms with Gasteiger partial charge in [-0.2, -0.15) is 0 Å². The maximum atomic E-state index is 5.27. The van der Waals surface area contributed by atoms with Crippen molar-refractivity contribution in [1.82, 2.24) is 14.9 Å². The van der Waals surface area contributed by atoms with Crippen LogP contribution < -0.4 is 4.74 Å². The molecule has 0 aliphatic rings. The third-order valence-corrected chi connectivity index (χ3v) is 3.98. The van der Waals surface area contributed by atoms with Crippen LogP contribution in [0.4, 0.5) is 0 Å². The molecule has 1 aromatic heterocycles. The molecule has 4 heteroatoms. The summed E-state index contributed by atoms with van der Waals surface area (Å²) in [5.41, 5.74) is 3.44. The van der Waals surface area contributed by atoms with E-state index < -0.39 is 0 Å². The first-order valence-electron chi connectivity index (χ1n) is 8.00. The van der Waals surface area contributed by atoms with Crippen molar-refractivity contribution in [2.75, 3.05) is 20.7 Å². The Balaban J connectivity index is 1.49. The van der Waals surface area contributed by atoms with E-state index in [9.17, 15) is 0 Å². The minimum absolute atomic E-state index is 0.915. The molecule has 3 rings (SSSR count). The van der Waals surface area contributed by atoms with Gasteiger partial charge in [0.25, 0.3) is 0 Å². The summed E-state index contributed by atoms with van der Waals surface area (Å²) in [5, 5.41) is 0. The maximum absolute atomic E-state index is 5.27. The number of ether oxygens (including phenoxy) is 1. The first-order valence-corrected chi connectivity index (χ1v) is 8.00. The number of methoxy groups -OCH3 is 1. The SMILES string of the molecule is COc1cccc(CN(C)CCCc2nc3ccccc3[nH]2)c1. The number of fused-ring (bicyclic) bond motifs is 1. The number of aromatic nitrogens is 2. The number of rotatable bonds is 7. The topological polar surface area (TPSA) is 41.1 Å². The summed E-state index contributed by atoms with van der Waals surface area (Å²) in [5.74, 6) is 1.99. The molecule has 0 aliphatic heterocycles. The van der Waals surface area contributed by atoms with Gasteiger partial charge in [-0.3, -0.25) is 0 Å². The first kappa shape index (κ1) is 15.6. The zero-order chi connectivity index (χ0) is 16.1. The van der Waals surface area contributed by atoms with E-state index in [1.807, 2.05) is 30.3 Å². The Hall–Kier alpha value is -2.33. The van der Waals surface area contributed by atoms with Gasteiger partial charge < -0.3 is 14.6 Å². The van der Waals surface area contributed by atoms with Crippen LogP contribution in [-0.4, -0.2) is 35.6 Å². The molecule has 0 saturated carbocycles. The summed E-state index contributed by atoms with van der Waals surface area (Å²) in [4.78, 5) is 10.3. The molecule has 0 unspecified atom stereocenters. The molecule has 0 amide bonds. The van der Waals surface area contributed by atoms with E-state index >= 15 is 0 Å². The molecule has 0 atom stereocenters. The molecule has 0 bridgehead atoms. The van der Waals surface area contributed by atoms with Crippen molar-refractivity contribution in [2.24, 2.45) is 0 Å². The summed E-state index contributed by atoms with van der Waals surface area (Å²) in [6.07, 6.45) is 2.05. The Kier molecular flexibility index (Phi) is 4.93. The molecule has 1 N–H and O–H groups in total.